The molecule has 0 fully saturated rings. The molecule has 6 heavy (non-hydrogen) atoms. The van der Waals surface area contributed by atoms with Crippen LogP contribution in [0.3, 0.4) is 0 Å². The average molecular weight is 83.1 g/mol. The summed E-state index contributed by atoms with van der Waals surface area (Å²) >= 11 is 0. The summed E-state index contributed by atoms with van der Waals surface area (Å²) in [7, 11) is 0. The second-order valence-corrected chi connectivity index (χ2v) is 0.702. The maximum absolute atomic E-state index is 9.33. The van der Waals surface area contributed by atoms with E-state index in [-0.39, 0.29) is 5.76 Å². The van der Waals surface area contributed by atoms with Gasteiger partial charge in [-0.05, 0) is 0 Å². The Labute approximate surface area is 38.3 Å². The zero-order chi connectivity index (χ0) is 5.58. The Morgan fingerprint density at radius 2 is 1.67 bits per heavy atom. The van der Waals surface area contributed by atoms with E-state index in [4.69, 9.17) is 0 Å². The molecule has 0 aliphatic rings. The summed E-state index contributed by atoms with van der Waals surface area (Å²) in [5.74, 6) is -0.0833. The molecule has 34 valence electrons. The van der Waals surface area contributed by atoms with E-state index in [0.717, 1.165) is 0 Å². The quantitative estimate of drug-likeness (QED) is 0.301. The Kier molecular flexibility index (Phi) is 13.3. The molecule has 0 N–H and O–H groups in total. The normalized spacial score (nSPS) is 4.50. The van der Waals surface area contributed by atoms with Crippen molar-refractivity contribution in [1.82, 2.24) is 0 Å². The van der Waals surface area contributed by atoms with Crippen molar-refractivity contribution in [2.75, 3.05) is 0 Å². The Morgan fingerprint density at radius 1 is 1.67 bits per heavy atom. The summed E-state index contributed by atoms with van der Waals surface area (Å²) in [4.78, 5) is 0. The van der Waals surface area contributed by atoms with Gasteiger partial charge >= 0.3 is 0 Å². The van der Waals surface area contributed by atoms with Gasteiger partial charge in [-0.25, -0.2) is 0 Å². The molecule has 0 rings (SSSR count). The molecule has 0 aromatic carbocycles. The number of rotatable bonds is 0. The second kappa shape index (κ2) is 8.93. The molecule has 1 nitrogen and oxygen atoms in total. The van der Waals surface area contributed by atoms with Crippen LogP contribution in [0, 0.1) is 12.8 Å². The minimum atomic E-state index is -0.0833. The minimum absolute atomic E-state index is 0.0833. The standard InChI is InChI=1S/C3H6O.C2H2/c1-3(2)4;1-2/h4H,1H2,2H3;1-2H/p-1. The molecular formula is C5H7O-. The molecular weight excluding hydrogens is 76.1 g/mol. The van der Waals surface area contributed by atoms with Crippen LogP contribution in [0.4, 0.5) is 0 Å². The molecule has 0 spiro atoms. The SMILES string of the molecule is C#C.C=C(C)[O-]. The Bertz CT molecular complexity index is 48.2. The van der Waals surface area contributed by atoms with Crippen LogP contribution in [0.25, 0.3) is 0 Å². The molecule has 0 bridgehead atoms. The van der Waals surface area contributed by atoms with Crippen LogP contribution in [-0.2, 0) is 0 Å². The Hall–Kier alpha value is -0.900. The van der Waals surface area contributed by atoms with Crippen molar-refractivity contribution >= 4 is 0 Å². The largest absolute Gasteiger partial charge is 0.876 e. The van der Waals surface area contributed by atoms with Gasteiger partial charge in [-0.1, -0.05) is 6.92 Å². The molecule has 0 heterocycles. The summed E-state index contributed by atoms with van der Waals surface area (Å²) in [6.45, 7) is 4.42. The fourth-order valence-corrected chi connectivity index (χ4v) is 0. The molecule has 0 unspecified atom stereocenters. The zero-order valence-corrected chi connectivity index (χ0v) is 3.77. The second-order valence-electron chi connectivity index (χ2n) is 0.702. The molecule has 0 atom stereocenters. The van der Waals surface area contributed by atoms with Gasteiger partial charge < -0.3 is 5.11 Å². The molecule has 0 saturated heterocycles. The van der Waals surface area contributed by atoms with Gasteiger partial charge in [-0.15, -0.1) is 25.2 Å². The van der Waals surface area contributed by atoms with Gasteiger partial charge in [0.05, 0.1) is 0 Å². The van der Waals surface area contributed by atoms with E-state index in [0.29, 0.717) is 0 Å². The number of allylic oxidation sites excluding steroid dienone is 1. The van der Waals surface area contributed by atoms with E-state index in [2.05, 4.69) is 19.4 Å². The molecule has 0 aromatic rings. The van der Waals surface area contributed by atoms with Crippen LogP contribution < -0.4 is 5.11 Å². The van der Waals surface area contributed by atoms with Gasteiger partial charge in [-0.3, -0.25) is 0 Å². The molecule has 0 aliphatic heterocycles. The molecule has 0 saturated carbocycles. The van der Waals surface area contributed by atoms with Crippen LogP contribution in [0.15, 0.2) is 12.3 Å². The minimum Gasteiger partial charge on any atom is -0.876 e. The topological polar surface area (TPSA) is 23.1 Å². The molecule has 0 amide bonds. The van der Waals surface area contributed by atoms with Gasteiger partial charge in [0, 0.05) is 0 Å². The lowest BCUT2D eigenvalue weighted by molar-refractivity contribution is -0.300. The van der Waals surface area contributed by atoms with Gasteiger partial charge in [0.25, 0.3) is 0 Å². The van der Waals surface area contributed by atoms with Crippen molar-refractivity contribution in [3.8, 4) is 12.8 Å². The third kappa shape index (κ3) is 16.9. The first-order chi connectivity index (χ1) is 2.73. The van der Waals surface area contributed by atoms with E-state index in [1.165, 1.54) is 6.92 Å². The van der Waals surface area contributed by atoms with Crippen LogP contribution in [0.5, 0.6) is 0 Å². The first-order valence-electron chi connectivity index (χ1n) is 1.39. The summed E-state index contributed by atoms with van der Waals surface area (Å²) < 4.78 is 0. The number of terminal acetylenes is 1. The maximum atomic E-state index is 9.33. The smallest absolute Gasteiger partial charge is 0.0549 e. The van der Waals surface area contributed by atoms with E-state index in [1.807, 2.05) is 0 Å². The van der Waals surface area contributed by atoms with Crippen LogP contribution in [0.1, 0.15) is 6.92 Å². The molecule has 1 heteroatoms. The third-order valence-corrected chi connectivity index (χ3v) is 0. The lowest BCUT2D eigenvalue weighted by Gasteiger charge is -1.92. The van der Waals surface area contributed by atoms with Crippen molar-refractivity contribution in [2.45, 2.75) is 6.92 Å². The van der Waals surface area contributed by atoms with Gasteiger partial charge in [0.15, 0.2) is 0 Å². The van der Waals surface area contributed by atoms with Crippen molar-refractivity contribution in [1.29, 1.82) is 0 Å². The Balaban J connectivity index is 0. The molecule has 0 radical (unpaired) electrons. The van der Waals surface area contributed by atoms with Crippen molar-refractivity contribution in [3.63, 3.8) is 0 Å². The predicted octanol–water partition coefficient (Wildman–Crippen LogP) is 0.130. The number of hydrogen-bond donors (Lipinski definition) is 0. The van der Waals surface area contributed by atoms with E-state index >= 15 is 0 Å². The zero-order valence-electron chi connectivity index (χ0n) is 3.77. The maximum Gasteiger partial charge on any atom is -0.0549 e. The summed E-state index contributed by atoms with van der Waals surface area (Å²) in [6, 6.07) is 0. The first-order valence-corrected chi connectivity index (χ1v) is 1.39. The Morgan fingerprint density at radius 3 is 1.67 bits per heavy atom. The highest BCUT2D eigenvalue weighted by molar-refractivity contribution is 4.64. The third-order valence-electron chi connectivity index (χ3n) is 0. The fraction of sp³-hybridized carbons (Fsp3) is 0.200. The van der Waals surface area contributed by atoms with Crippen molar-refractivity contribution < 1.29 is 5.11 Å². The molecule has 0 aliphatic carbocycles. The highest BCUT2D eigenvalue weighted by atomic mass is 16.3. The summed E-state index contributed by atoms with van der Waals surface area (Å²) in [6.07, 6.45) is 8.00. The highest BCUT2D eigenvalue weighted by Crippen LogP contribution is 1.57. The van der Waals surface area contributed by atoms with Crippen molar-refractivity contribution in [3.05, 3.63) is 12.3 Å². The van der Waals surface area contributed by atoms with Crippen LogP contribution >= 0.6 is 0 Å². The van der Waals surface area contributed by atoms with E-state index in [9.17, 15) is 5.11 Å². The fourth-order valence-electron chi connectivity index (χ4n) is 0. The lowest BCUT2D eigenvalue weighted by Crippen LogP contribution is -1.92. The summed E-state index contributed by atoms with van der Waals surface area (Å²) in [5, 5.41) is 9.33. The monoisotopic (exact) mass is 83.1 g/mol. The van der Waals surface area contributed by atoms with Gasteiger partial charge in [0.1, 0.15) is 0 Å². The van der Waals surface area contributed by atoms with E-state index < -0.39 is 0 Å². The van der Waals surface area contributed by atoms with Crippen LogP contribution in [-0.4, -0.2) is 0 Å². The molecule has 0 aromatic heterocycles. The van der Waals surface area contributed by atoms with Crippen molar-refractivity contribution in [2.24, 2.45) is 0 Å². The summed E-state index contributed by atoms with van der Waals surface area (Å²) in [5.41, 5.74) is 0. The highest BCUT2D eigenvalue weighted by Gasteiger charge is 1.36. The first kappa shape index (κ1) is 8.92. The van der Waals surface area contributed by atoms with Gasteiger partial charge in [-0.2, -0.15) is 0 Å². The number of hydrogen-bond acceptors (Lipinski definition) is 1. The van der Waals surface area contributed by atoms with Gasteiger partial charge in [0.2, 0.25) is 0 Å². The lowest BCUT2D eigenvalue weighted by atomic mass is 10.7. The average Bonchev–Trinajstić information content (AvgIpc) is 1.41. The van der Waals surface area contributed by atoms with E-state index in [1.54, 1.807) is 0 Å². The van der Waals surface area contributed by atoms with Crippen LogP contribution in [0.2, 0.25) is 0 Å². The predicted molar refractivity (Wildman–Crippen MR) is 24.7 cm³/mol.